The summed E-state index contributed by atoms with van der Waals surface area (Å²) in [6.07, 6.45) is 0.119. The minimum Gasteiger partial charge on any atom is -0.390 e. The number of fused-ring (bicyclic) bond motifs is 1. The molecule has 0 saturated heterocycles. The molecular weight excluding hydrogens is 312 g/mol. The first-order valence-corrected chi connectivity index (χ1v) is 8.03. The zero-order valence-electron chi connectivity index (χ0n) is 12.6. The second-order valence-electron chi connectivity index (χ2n) is 5.74. The van der Waals surface area contributed by atoms with Crippen molar-refractivity contribution in [3.8, 4) is 0 Å². The number of nitrogens with one attached hydrogen (secondary N) is 2. The highest BCUT2D eigenvalue weighted by Gasteiger charge is 2.24. The molecule has 0 radical (unpaired) electrons. The van der Waals surface area contributed by atoms with Gasteiger partial charge in [-0.1, -0.05) is 35.9 Å². The van der Waals surface area contributed by atoms with E-state index < -0.39 is 6.10 Å². The fourth-order valence-electron chi connectivity index (χ4n) is 2.79. The number of halogens is 1. The number of aliphatic hydroxyl groups is 1. The summed E-state index contributed by atoms with van der Waals surface area (Å²) in [6, 6.07) is 14.8. The smallest absolute Gasteiger partial charge is 0.251 e. The Hall–Kier alpha value is -1.88. The molecule has 2 unspecified atom stereocenters. The molecule has 1 aliphatic heterocycles. The summed E-state index contributed by atoms with van der Waals surface area (Å²) in [5, 5.41) is 17.0. The molecule has 2 atom stereocenters. The van der Waals surface area contributed by atoms with Crippen LogP contribution in [0, 0.1) is 0 Å². The van der Waals surface area contributed by atoms with Crippen molar-refractivity contribution in [3.05, 3.63) is 70.2 Å². The summed E-state index contributed by atoms with van der Waals surface area (Å²) in [7, 11) is 0. The van der Waals surface area contributed by atoms with Crippen LogP contribution in [-0.2, 0) is 13.0 Å². The van der Waals surface area contributed by atoms with Gasteiger partial charge in [0.25, 0.3) is 5.91 Å². The van der Waals surface area contributed by atoms with Crippen molar-refractivity contribution >= 4 is 17.5 Å². The van der Waals surface area contributed by atoms with Crippen molar-refractivity contribution < 1.29 is 9.90 Å². The first-order valence-electron chi connectivity index (χ1n) is 7.65. The average Bonchev–Trinajstić information content (AvgIpc) is 2.59. The zero-order chi connectivity index (χ0) is 16.2. The summed E-state index contributed by atoms with van der Waals surface area (Å²) in [6.45, 7) is 0.949. The first kappa shape index (κ1) is 16.0. The van der Waals surface area contributed by atoms with E-state index in [2.05, 4.69) is 22.8 Å². The second kappa shape index (κ2) is 7.13. The molecule has 0 fully saturated rings. The predicted molar refractivity (Wildman–Crippen MR) is 90.6 cm³/mol. The summed E-state index contributed by atoms with van der Waals surface area (Å²) in [5.74, 6) is -0.211. The fraction of sp³-hybridized carbons (Fsp3) is 0.278. The van der Waals surface area contributed by atoms with Crippen molar-refractivity contribution in [2.45, 2.75) is 25.1 Å². The molecule has 0 spiro atoms. The number of carbonyl (C=O) groups excluding carboxylic acids is 1. The van der Waals surface area contributed by atoms with Crippen LogP contribution in [0.3, 0.4) is 0 Å². The number of benzene rings is 2. The van der Waals surface area contributed by atoms with E-state index in [0.29, 0.717) is 10.6 Å². The van der Waals surface area contributed by atoms with E-state index in [0.717, 1.165) is 13.0 Å². The molecule has 0 aliphatic carbocycles. The Bertz CT molecular complexity index is 688. The van der Waals surface area contributed by atoms with Gasteiger partial charge in [-0.2, -0.15) is 0 Å². The van der Waals surface area contributed by atoms with E-state index in [9.17, 15) is 9.90 Å². The van der Waals surface area contributed by atoms with Gasteiger partial charge >= 0.3 is 0 Å². The third kappa shape index (κ3) is 3.91. The molecule has 3 N–H and O–H groups in total. The topological polar surface area (TPSA) is 61.4 Å². The Labute approximate surface area is 140 Å². The summed E-state index contributed by atoms with van der Waals surface area (Å²) < 4.78 is 0. The maximum absolute atomic E-state index is 12.1. The molecular formula is C18H19ClN2O2. The van der Waals surface area contributed by atoms with Gasteiger partial charge in [0.15, 0.2) is 0 Å². The quantitative estimate of drug-likeness (QED) is 0.805. The zero-order valence-corrected chi connectivity index (χ0v) is 13.4. The average molecular weight is 331 g/mol. The van der Waals surface area contributed by atoms with Crippen LogP contribution in [0.2, 0.25) is 5.02 Å². The Morgan fingerprint density at radius 3 is 2.65 bits per heavy atom. The van der Waals surface area contributed by atoms with Crippen LogP contribution in [0.5, 0.6) is 0 Å². The third-order valence-corrected chi connectivity index (χ3v) is 4.41. The van der Waals surface area contributed by atoms with Gasteiger partial charge in [-0.3, -0.25) is 4.79 Å². The van der Waals surface area contributed by atoms with E-state index in [1.807, 2.05) is 12.1 Å². The van der Waals surface area contributed by atoms with E-state index in [-0.39, 0.29) is 18.5 Å². The van der Waals surface area contributed by atoms with Crippen LogP contribution in [0.15, 0.2) is 48.5 Å². The third-order valence-electron chi connectivity index (χ3n) is 4.16. The summed E-state index contributed by atoms with van der Waals surface area (Å²) >= 11 is 5.81. The molecule has 0 aromatic heterocycles. The molecule has 5 heteroatoms. The van der Waals surface area contributed by atoms with Crippen molar-refractivity contribution in [2.75, 3.05) is 6.54 Å². The Morgan fingerprint density at radius 1 is 1.22 bits per heavy atom. The Kier molecular flexibility index (Phi) is 4.96. The van der Waals surface area contributed by atoms with E-state index >= 15 is 0 Å². The molecule has 1 aliphatic rings. The van der Waals surface area contributed by atoms with Crippen LogP contribution < -0.4 is 10.6 Å². The van der Waals surface area contributed by atoms with Gasteiger partial charge in [0.2, 0.25) is 0 Å². The molecule has 4 nitrogen and oxygen atoms in total. The van der Waals surface area contributed by atoms with Crippen LogP contribution in [-0.4, -0.2) is 29.7 Å². The van der Waals surface area contributed by atoms with Crippen LogP contribution in [0.4, 0.5) is 0 Å². The minimum atomic E-state index is -0.639. The van der Waals surface area contributed by atoms with Gasteiger partial charge in [0, 0.05) is 29.7 Å². The summed E-state index contributed by atoms with van der Waals surface area (Å²) in [5.41, 5.74) is 3.05. The molecule has 0 saturated carbocycles. The summed E-state index contributed by atoms with van der Waals surface area (Å²) in [4.78, 5) is 12.1. The Balaban J connectivity index is 1.55. The Morgan fingerprint density at radius 2 is 1.91 bits per heavy atom. The first-order chi connectivity index (χ1) is 11.1. The highest BCUT2D eigenvalue weighted by atomic mass is 35.5. The second-order valence-corrected chi connectivity index (χ2v) is 6.18. The molecule has 2 aromatic rings. The lowest BCUT2D eigenvalue weighted by Crippen LogP contribution is -2.49. The lowest BCUT2D eigenvalue weighted by Gasteiger charge is -2.30. The van der Waals surface area contributed by atoms with Crippen molar-refractivity contribution in [1.82, 2.24) is 10.6 Å². The van der Waals surface area contributed by atoms with Crippen LogP contribution in [0.25, 0.3) is 0 Å². The maximum Gasteiger partial charge on any atom is 0.251 e. The lowest BCUT2D eigenvalue weighted by atomic mass is 9.93. The van der Waals surface area contributed by atoms with Gasteiger partial charge in [-0.25, -0.2) is 0 Å². The number of rotatable bonds is 4. The maximum atomic E-state index is 12.1. The normalized spacial score (nSPS) is 18.1. The predicted octanol–water partition coefficient (Wildman–Crippen LogP) is 2.15. The molecule has 3 rings (SSSR count). The van der Waals surface area contributed by atoms with Crippen LogP contribution >= 0.6 is 11.6 Å². The molecule has 23 heavy (non-hydrogen) atoms. The highest BCUT2D eigenvalue weighted by molar-refractivity contribution is 6.30. The van der Waals surface area contributed by atoms with Gasteiger partial charge in [0.05, 0.1) is 6.10 Å². The molecule has 2 aromatic carbocycles. The molecule has 1 heterocycles. The lowest BCUT2D eigenvalue weighted by molar-refractivity contribution is 0.0870. The van der Waals surface area contributed by atoms with Gasteiger partial charge in [-0.15, -0.1) is 0 Å². The van der Waals surface area contributed by atoms with E-state index in [1.165, 1.54) is 11.1 Å². The number of carbonyl (C=O) groups is 1. The van der Waals surface area contributed by atoms with Crippen molar-refractivity contribution in [3.63, 3.8) is 0 Å². The highest BCUT2D eigenvalue weighted by Crippen LogP contribution is 2.17. The van der Waals surface area contributed by atoms with Gasteiger partial charge in [-0.05, 0) is 41.8 Å². The van der Waals surface area contributed by atoms with E-state index in [4.69, 9.17) is 11.6 Å². The SMILES string of the molecule is O=C(NCC(O)C1Cc2ccccc2CN1)c1ccc(Cl)cc1. The largest absolute Gasteiger partial charge is 0.390 e. The van der Waals surface area contributed by atoms with Gasteiger partial charge in [0.1, 0.15) is 0 Å². The standard InChI is InChI=1S/C18H19ClN2O2/c19-15-7-5-12(6-8-15)18(23)21-11-17(22)16-9-13-3-1-2-4-14(13)10-20-16/h1-8,16-17,20,22H,9-11H2,(H,21,23). The number of hydrogen-bond acceptors (Lipinski definition) is 3. The monoisotopic (exact) mass is 330 g/mol. The number of amides is 1. The number of hydrogen-bond donors (Lipinski definition) is 3. The molecule has 120 valence electrons. The fourth-order valence-corrected chi connectivity index (χ4v) is 2.92. The number of aliphatic hydroxyl groups excluding tert-OH is 1. The van der Waals surface area contributed by atoms with Crippen LogP contribution in [0.1, 0.15) is 21.5 Å². The minimum absolute atomic E-state index is 0.0598. The van der Waals surface area contributed by atoms with Crippen molar-refractivity contribution in [2.24, 2.45) is 0 Å². The van der Waals surface area contributed by atoms with E-state index in [1.54, 1.807) is 24.3 Å². The molecule has 1 amide bonds. The van der Waals surface area contributed by atoms with Crippen molar-refractivity contribution in [1.29, 1.82) is 0 Å². The molecule has 0 bridgehead atoms. The van der Waals surface area contributed by atoms with Gasteiger partial charge < -0.3 is 15.7 Å².